The van der Waals surface area contributed by atoms with E-state index in [0.717, 1.165) is 10.0 Å². The molecule has 2 rings (SSSR count). The molecule has 0 fully saturated rings. The van der Waals surface area contributed by atoms with Gasteiger partial charge in [-0.25, -0.2) is 8.78 Å². The highest BCUT2D eigenvalue weighted by Gasteiger charge is 2.17. The van der Waals surface area contributed by atoms with E-state index in [1.54, 1.807) is 0 Å². The molecule has 0 bridgehead atoms. The van der Waals surface area contributed by atoms with Crippen LogP contribution < -0.4 is 0 Å². The van der Waals surface area contributed by atoms with Gasteiger partial charge in [0.15, 0.2) is 0 Å². The van der Waals surface area contributed by atoms with E-state index in [0.29, 0.717) is 0 Å². The molecule has 1 unspecified atom stereocenters. The molecule has 0 radical (unpaired) electrons. The van der Waals surface area contributed by atoms with E-state index >= 15 is 0 Å². The van der Waals surface area contributed by atoms with Crippen molar-refractivity contribution < 1.29 is 13.9 Å². The van der Waals surface area contributed by atoms with Crippen molar-refractivity contribution >= 4 is 15.9 Å². The van der Waals surface area contributed by atoms with E-state index in [2.05, 4.69) is 15.9 Å². The van der Waals surface area contributed by atoms with Crippen LogP contribution in [0, 0.1) is 11.6 Å². The average molecular weight is 327 g/mol. The van der Waals surface area contributed by atoms with Crippen LogP contribution in [0.4, 0.5) is 8.78 Å². The van der Waals surface area contributed by atoms with E-state index in [1.165, 1.54) is 18.2 Å². The van der Waals surface area contributed by atoms with Crippen molar-refractivity contribution in [3.05, 3.63) is 69.7 Å². The predicted molar refractivity (Wildman–Crippen MR) is 74.0 cm³/mol. The summed E-state index contributed by atoms with van der Waals surface area (Å²) in [5.41, 5.74) is 0.862. The van der Waals surface area contributed by atoms with Gasteiger partial charge in [-0.1, -0.05) is 34.1 Å². The third-order valence-corrected chi connectivity index (χ3v) is 3.55. The summed E-state index contributed by atoms with van der Waals surface area (Å²) in [5, 5.41) is 9.45. The van der Waals surface area contributed by atoms with Crippen molar-refractivity contribution in [2.45, 2.75) is 12.3 Å². The Kier molecular flexibility index (Phi) is 4.66. The molecule has 0 spiro atoms. The van der Waals surface area contributed by atoms with Crippen LogP contribution in [0.25, 0.3) is 0 Å². The van der Waals surface area contributed by atoms with E-state index in [9.17, 15) is 13.9 Å². The van der Waals surface area contributed by atoms with Gasteiger partial charge in [0, 0.05) is 16.0 Å². The fourth-order valence-electron chi connectivity index (χ4n) is 2.02. The number of rotatable bonds is 4. The summed E-state index contributed by atoms with van der Waals surface area (Å²) in [4.78, 5) is 0. The second-order valence-electron chi connectivity index (χ2n) is 4.34. The van der Waals surface area contributed by atoms with E-state index in [4.69, 9.17) is 0 Å². The van der Waals surface area contributed by atoms with E-state index in [1.807, 2.05) is 24.3 Å². The Hall–Kier alpha value is -1.26. The molecule has 100 valence electrons. The Morgan fingerprint density at radius 3 is 2.26 bits per heavy atom. The third kappa shape index (κ3) is 3.39. The lowest BCUT2D eigenvalue weighted by atomic mass is 9.92. The smallest absolute Gasteiger partial charge is 0.129 e. The lowest BCUT2D eigenvalue weighted by molar-refractivity contribution is 0.263. The maximum absolute atomic E-state index is 13.6. The molecule has 0 saturated heterocycles. The van der Waals surface area contributed by atoms with Crippen LogP contribution in [0.2, 0.25) is 0 Å². The van der Waals surface area contributed by atoms with Gasteiger partial charge in [0.05, 0.1) is 6.61 Å². The Morgan fingerprint density at radius 1 is 1.05 bits per heavy atom. The minimum absolute atomic E-state index is 0.0153. The molecule has 0 aliphatic rings. The first kappa shape index (κ1) is 14.2. The first-order valence-electron chi connectivity index (χ1n) is 5.91. The quantitative estimate of drug-likeness (QED) is 0.898. The van der Waals surface area contributed by atoms with Crippen molar-refractivity contribution in [1.82, 2.24) is 0 Å². The second kappa shape index (κ2) is 6.26. The maximum atomic E-state index is 13.6. The molecule has 4 heteroatoms. The fourth-order valence-corrected chi connectivity index (χ4v) is 2.44. The number of hydrogen-bond donors (Lipinski definition) is 1. The Balaban J connectivity index is 2.29. The number of hydrogen-bond acceptors (Lipinski definition) is 1. The minimum atomic E-state index is -0.576. The molecule has 0 aromatic heterocycles. The number of aliphatic hydroxyl groups excluding tert-OH is 1. The highest BCUT2D eigenvalue weighted by molar-refractivity contribution is 9.10. The normalized spacial score (nSPS) is 12.4. The van der Waals surface area contributed by atoms with Crippen LogP contribution in [0.15, 0.2) is 46.9 Å². The van der Waals surface area contributed by atoms with Crippen molar-refractivity contribution in [3.8, 4) is 0 Å². The lowest BCUT2D eigenvalue weighted by Crippen LogP contribution is -2.10. The average Bonchev–Trinajstić information content (AvgIpc) is 2.38. The van der Waals surface area contributed by atoms with Gasteiger partial charge in [-0.3, -0.25) is 0 Å². The van der Waals surface area contributed by atoms with E-state index < -0.39 is 11.6 Å². The van der Waals surface area contributed by atoms with Crippen LogP contribution in [-0.4, -0.2) is 11.7 Å². The molecule has 1 nitrogen and oxygen atoms in total. The maximum Gasteiger partial charge on any atom is 0.129 e. The van der Waals surface area contributed by atoms with Crippen molar-refractivity contribution in [3.63, 3.8) is 0 Å². The highest BCUT2D eigenvalue weighted by atomic mass is 79.9. The van der Waals surface area contributed by atoms with Gasteiger partial charge in [-0.05, 0) is 36.2 Å². The van der Waals surface area contributed by atoms with Crippen molar-refractivity contribution in [2.24, 2.45) is 0 Å². The molecular formula is C15H13BrF2O. The molecule has 0 saturated carbocycles. The molecule has 2 aromatic carbocycles. The largest absolute Gasteiger partial charge is 0.396 e. The van der Waals surface area contributed by atoms with Crippen LogP contribution in [0.5, 0.6) is 0 Å². The molecule has 0 heterocycles. The first-order chi connectivity index (χ1) is 9.11. The molecule has 0 aliphatic carbocycles. The summed E-state index contributed by atoms with van der Waals surface area (Å²) in [6, 6.07) is 11.2. The summed E-state index contributed by atoms with van der Waals surface area (Å²) in [5.74, 6) is -1.48. The van der Waals surface area contributed by atoms with Crippen molar-refractivity contribution in [2.75, 3.05) is 6.61 Å². The van der Waals surface area contributed by atoms with Crippen LogP contribution in [-0.2, 0) is 6.42 Å². The molecule has 1 N–H and O–H groups in total. The van der Waals surface area contributed by atoms with Gasteiger partial charge in [-0.2, -0.15) is 0 Å². The Bertz CT molecular complexity index is 552. The van der Waals surface area contributed by atoms with Crippen LogP contribution in [0.3, 0.4) is 0 Å². The molecule has 19 heavy (non-hydrogen) atoms. The van der Waals surface area contributed by atoms with Gasteiger partial charge in [0.2, 0.25) is 0 Å². The Labute approximate surface area is 119 Å². The zero-order chi connectivity index (χ0) is 13.8. The monoisotopic (exact) mass is 326 g/mol. The zero-order valence-electron chi connectivity index (χ0n) is 10.1. The van der Waals surface area contributed by atoms with E-state index in [-0.39, 0.29) is 24.5 Å². The zero-order valence-corrected chi connectivity index (χ0v) is 11.7. The van der Waals surface area contributed by atoms with Crippen LogP contribution in [0.1, 0.15) is 17.0 Å². The molecular weight excluding hydrogens is 314 g/mol. The van der Waals surface area contributed by atoms with Crippen LogP contribution >= 0.6 is 15.9 Å². The SMILES string of the molecule is OCC(Cc1c(F)cccc1F)c1cccc(Br)c1. The van der Waals surface area contributed by atoms with Gasteiger partial charge in [-0.15, -0.1) is 0 Å². The predicted octanol–water partition coefficient (Wildman–Crippen LogP) is 4.05. The van der Waals surface area contributed by atoms with Gasteiger partial charge in [0.25, 0.3) is 0 Å². The molecule has 1 atom stereocenters. The van der Waals surface area contributed by atoms with Gasteiger partial charge in [0.1, 0.15) is 11.6 Å². The Morgan fingerprint density at radius 2 is 1.68 bits per heavy atom. The summed E-state index contributed by atoms with van der Waals surface area (Å²) in [6.07, 6.45) is 0.130. The fraction of sp³-hybridized carbons (Fsp3) is 0.200. The van der Waals surface area contributed by atoms with Gasteiger partial charge < -0.3 is 5.11 Å². The standard InChI is InChI=1S/C15H13BrF2O/c16-12-4-1-3-10(7-12)11(9-19)8-13-14(17)5-2-6-15(13)18/h1-7,11,19H,8-9H2. The molecule has 2 aromatic rings. The number of aliphatic hydroxyl groups is 1. The number of halogens is 3. The summed E-state index contributed by atoms with van der Waals surface area (Å²) < 4.78 is 28.1. The van der Waals surface area contributed by atoms with Crippen molar-refractivity contribution in [1.29, 1.82) is 0 Å². The summed E-state index contributed by atoms with van der Waals surface area (Å²) in [7, 11) is 0. The molecule has 0 aliphatic heterocycles. The third-order valence-electron chi connectivity index (χ3n) is 3.05. The molecule has 0 amide bonds. The first-order valence-corrected chi connectivity index (χ1v) is 6.70. The highest BCUT2D eigenvalue weighted by Crippen LogP contribution is 2.25. The minimum Gasteiger partial charge on any atom is -0.396 e. The number of benzene rings is 2. The topological polar surface area (TPSA) is 20.2 Å². The lowest BCUT2D eigenvalue weighted by Gasteiger charge is -2.16. The summed E-state index contributed by atoms with van der Waals surface area (Å²) in [6.45, 7) is -0.162. The summed E-state index contributed by atoms with van der Waals surface area (Å²) >= 11 is 3.34. The van der Waals surface area contributed by atoms with Gasteiger partial charge >= 0.3 is 0 Å². The second-order valence-corrected chi connectivity index (χ2v) is 5.25.